The largest absolute Gasteiger partial charge is 0.481 e. The Labute approximate surface area is 44.4 Å². The molecule has 2 nitrogen and oxygen atoms in total. The number of carboxylic acid groups (broad SMARTS) is 1. The molecule has 0 radical (unpaired) electrons. The molecule has 0 spiro atoms. The Morgan fingerprint density at radius 3 is 1.80 bits per heavy atom. The number of rotatable bonds is 0. The molecule has 0 aliphatic heterocycles. The molecule has 0 saturated carbocycles. The fourth-order valence-corrected chi connectivity index (χ4v) is 0. The Balaban J connectivity index is 0. The van der Waals surface area contributed by atoms with Crippen LogP contribution >= 0.6 is 0 Å². The van der Waals surface area contributed by atoms with E-state index in [0.29, 0.717) is 0 Å². The summed E-state index contributed by atoms with van der Waals surface area (Å²) in [4.78, 5) is 9.00. The first-order valence-corrected chi connectivity index (χ1v) is 0.928. The van der Waals surface area contributed by atoms with Crippen molar-refractivity contribution >= 4 is 5.97 Å². The first kappa shape index (κ1) is 8.94. The van der Waals surface area contributed by atoms with Gasteiger partial charge in [0.25, 0.3) is 5.97 Å². The quantitative estimate of drug-likeness (QED) is 0.655. The van der Waals surface area contributed by atoms with E-state index in [-0.39, 0.29) is 21.1 Å². The molecule has 0 saturated heterocycles. The monoisotopic (exact) mass is 244 g/mol. The van der Waals surface area contributed by atoms with Gasteiger partial charge in [-0.05, 0) is 0 Å². The van der Waals surface area contributed by atoms with E-state index in [1.165, 1.54) is 0 Å². The molecule has 0 aliphatic carbocycles. The van der Waals surface area contributed by atoms with Gasteiger partial charge in [-0.25, -0.2) is 0 Å². The molecule has 0 aromatic heterocycles. The fraction of sp³-hybridized carbons (Fsp3) is 0.500. The summed E-state index contributed by atoms with van der Waals surface area (Å²) in [7, 11) is 0. The van der Waals surface area contributed by atoms with Crippen LogP contribution in [-0.4, -0.2) is 11.1 Å². The van der Waals surface area contributed by atoms with Crippen molar-refractivity contribution in [2.75, 3.05) is 0 Å². The predicted molar refractivity (Wildman–Crippen MR) is 13.3 cm³/mol. The second-order valence-electron chi connectivity index (χ2n) is 0.519. The van der Waals surface area contributed by atoms with E-state index in [4.69, 9.17) is 9.90 Å². The standard InChI is InChI=1S/C2H4O2.W/c1-2(3)4;/h1H3,(H,3,4);. The summed E-state index contributed by atoms with van der Waals surface area (Å²) < 4.78 is 0. The van der Waals surface area contributed by atoms with Crippen LogP contribution in [-0.2, 0) is 25.9 Å². The molecule has 30 valence electrons. The Morgan fingerprint density at radius 2 is 1.80 bits per heavy atom. The molecule has 0 atom stereocenters. The summed E-state index contributed by atoms with van der Waals surface area (Å²) >= 11 is 0. The van der Waals surface area contributed by atoms with Crippen molar-refractivity contribution in [3.8, 4) is 0 Å². The molecule has 5 heavy (non-hydrogen) atoms. The molecule has 0 aliphatic rings. The van der Waals surface area contributed by atoms with Crippen LogP contribution in [0, 0.1) is 0 Å². The second-order valence-corrected chi connectivity index (χ2v) is 0.519. The van der Waals surface area contributed by atoms with Gasteiger partial charge in [0, 0.05) is 28.0 Å². The van der Waals surface area contributed by atoms with E-state index in [0.717, 1.165) is 6.92 Å². The first-order chi connectivity index (χ1) is 1.73. The van der Waals surface area contributed by atoms with Crippen molar-refractivity contribution in [1.29, 1.82) is 0 Å². The van der Waals surface area contributed by atoms with E-state index in [1.807, 2.05) is 0 Å². The van der Waals surface area contributed by atoms with Crippen LogP contribution in [0.5, 0.6) is 0 Å². The fourth-order valence-electron chi connectivity index (χ4n) is 0. The van der Waals surface area contributed by atoms with Gasteiger partial charge in [0.1, 0.15) is 0 Å². The third-order valence-electron chi connectivity index (χ3n) is 0. The zero-order valence-electron chi connectivity index (χ0n) is 2.76. The molecule has 0 rings (SSSR count). The van der Waals surface area contributed by atoms with Gasteiger partial charge in [-0.2, -0.15) is 0 Å². The summed E-state index contributed by atoms with van der Waals surface area (Å²) in [6, 6.07) is 0. The molecular weight excluding hydrogens is 240 g/mol. The van der Waals surface area contributed by atoms with Gasteiger partial charge < -0.3 is 5.11 Å². The number of carbonyl (C=O) groups is 1. The number of aliphatic carboxylic acids is 1. The number of hydrogen-bond acceptors (Lipinski definition) is 1. The Kier molecular flexibility index (Phi) is 7.44. The summed E-state index contributed by atoms with van der Waals surface area (Å²) in [6.45, 7) is 1.08. The van der Waals surface area contributed by atoms with E-state index in [1.54, 1.807) is 0 Å². The van der Waals surface area contributed by atoms with Crippen molar-refractivity contribution in [1.82, 2.24) is 0 Å². The molecule has 1 N–H and O–H groups in total. The van der Waals surface area contributed by atoms with Crippen LogP contribution in [0.3, 0.4) is 0 Å². The zero-order valence-corrected chi connectivity index (χ0v) is 5.70. The van der Waals surface area contributed by atoms with Crippen molar-refractivity contribution in [3.63, 3.8) is 0 Å². The minimum absolute atomic E-state index is 0. The van der Waals surface area contributed by atoms with Crippen LogP contribution in [0.15, 0.2) is 0 Å². The van der Waals surface area contributed by atoms with Gasteiger partial charge in [0.2, 0.25) is 0 Å². The Bertz CT molecular complexity index is 30.6. The molecule has 0 unspecified atom stereocenters. The maximum Gasteiger partial charge on any atom is 0.300 e. The summed E-state index contributed by atoms with van der Waals surface area (Å²) in [5.74, 6) is -0.833. The number of hydrogen-bond donors (Lipinski definition) is 1. The van der Waals surface area contributed by atoms with Gasteiger partial charge in [-0.3, -0.25) is 4.79 Å². The minimum Gasteiger partial charge on any atom is -0.481 e. The molecule has 0 aromatic rings. The summed E-state index contributed by atoms with van der Waals surface area (Å²) in [5.41, 5.74) is 0. The van der Waals surface area contributed by atoms with E-state index in [2.05, 4.69) is 0 Å². The minimum atomic E-state index is -0.833. The average molecular weight is 244 g/mol. The zero-order chi connectivity index (χ0) is 3.58. The van der Waals surface area contributed by atoms with E-state index < -0.39 is 5.97 Å². The van der Waals surface area contributed by atoms with Crippen LogP contribution in [0.2, 0.25) is 0 Å². The molecule has 0 bridgehead atoms. The van der Waals surface area contributed by atoms with Crippen LogP contribution in [0.25, 0.3) is 0 Å². The van der Waals surface area contributed by atoms with E-state index in [9.17, 15) is 0 Å². The normalized spacial score (nSPS) is 5.00. The topological polar surface area (TPSA) is 37.3 Å². The third-order valence-corrected chi connectivity index (χ3v) is 0. The SMILES string of the molecule is CC(=O)O.[W]. The van der Waals surface area contributed by atoms with Gasteiger partial charge >= 0.3 is 0 Å². The van der Waals surface area contributed by atoms with Gasteiger partial charge in [-0.15, -0.1) is 0 Å². The van der Waals surface area contributed by atoms with E-state index >= 15 is 0 Å². The maximum absolute atomic E-state index is 9.00. The molecule has 0 aromatic carbocycles. The first-order valence-electron chi connectivity index (χ1n) is 0.928. The van der Waals surface area contributed by atoms with Crippen LogP contribution < -0.4 is 0 Å². The average Bonchev–Trinajstić information content (AvgIpc) is 0.811. The molecule has 0 heterocycles. The van der Waals surface area contributed by atoms with Gasteiger partial charge in [0.05, 0.1) is 0 Å². The van der Waals surface area contributed by atoms with Crippen LogP contribution in [0.1, 0.15) is 6.92 Å². The van der Waals surface area contributed by atoms with Crippen LogP contribution in [0.4, 0.5) is 0 Å². The van der Waals surface area contributed by atoms with Crippen molar-refractivity contribution in [3.05, 3.63) is 0 Å². The Hall–Kier alpha value is 0.158. The molecule has 0 fully saturated rings. The smallest absolute Gasteiger partial charge is 0.300 e. The van der Waals surface area contributed by atoms with Gasteiger partial charge in [0.15, 0.2) is 0 Å². The molecule has 0 amide bonds. The van der Waals surface area contributed by atoms with Crippen molar-refractivity contribution in [2.24, 2.45) is 0 Å². The van der Waals surface area contributed by atoms with Crippen molar-refractivity contribution < 1.29 is 31.0 Å². The van der Waals surface area contributed by atoms with Crippen molar-refractivity contribution in [2.45, 2.75) is 6.92 Å². The maximum atomic E-state index is 9.00. The summed E-state index contributed by atoms with van der Waals surface area (Å²) in [5, 5.41) is 7.42. The molecular formula is C2H4O2W. The summed E-state index contributed by atoms with van der Waals surface area (Å²) in [6.07, 6.45) is 0. The Morgan fingerprint density at radius 1 is 1.80 bits per heavy atom. The second kappa shape index (κ2) is 4.16. The predicted octanol–water partition coefficient (Wildman–Crippen LogP) is 0.0884. The van der Waals surface area contributed by atoms with Gasteiger partial charge in [-0.1, -0.05) is 0 Å². The number of carboxylic acids is 1. The third kappa shape index (κ3) is 773. The molecule has 3 heteroatoms.